The van der Waals surface area contributed by atoms with E-state index in [1.807, 2.05) is 27.8 Å². The molecule has 0 bridgehead atoms. The second-order valence-corrected chi connectivity index (χ2v) is 9.90. The van der Waals surface area contributed by atoms with Crippen LogP contribution in [0.1, 0.15) is 19.3 Å². The molecule has 1 aromatic rings. The highest BCUT2D eigenvalue weighted by Crippen LogP contribution is 2.45. The van der Waals surface area contributed by atoms with Gasteiger partial charge in [0.2, 0.25) is 5.91 Å². The highest BCUT2D eigenvalue weighted by Gasteiger charge is 2.46. The SMILES string of the molecule is O=C1CO[C@H]2CCN(C(=O)N3CCC4(CC3)CN(Sc3ccccc3)C4)C[C@H]2N1. The van der Waals surface area contributed by atoms with E-state index in [2.05, 4.69) is 33.9 Å². The van der Waals surface area contributed by atoms with Gasteiger partial charge in [-0.25, -0.2) is 9.10 Å². The Kier molecular flexibility index (Phi) is 5.17. The van der Waals surface area contributed by atoms with Crippen molar-refractivity contribution in [2.24, 2.45) is 5.41 Å². The van der Waals surface area contributed by atoms with E-state index in [4.69, 9.17) is 4.74 Å². The molecule has 0 unspecified atom stereocenters. The van der Waals surface area contributed by atoms with Gasteiger partial charge in [0.15, 0.2) is 0 Å². The van der Waals surface area contributed by atoms with Crippen LogP contribution in [0.25, 0.3) is 0 Å². The van der Waals surface area contributed by atoms with Crippen LogP contribution in [0.4, 0.5) is 4.79 Å². The van der Waals surface area contributed by atoms with E-state index < -0.39 is 0 Å². The van der Waals surface area contributed by atoms with E-state index >= 15 is 0 Å². The zero-order valence-electron chi connectivity index (χ0n) is 16.6. The normalized spacial score (nSPS) is 29.2. The molecule has 1 N–H and O–H groups in total. The lowest BCUT2D eigenvalue weighted by Crippen LogP contribution is -2.63. The topological polar surface area (TPSA) is 65.1 Å². The predicted octanol–water partition coefficient (Wildman–Crippen LogP) is 1.80. The summed E-state index contributed by atoms with van der Waals surface area (Å²) in [5, 5.41) is 2.98. The van der Waals surface area contributed by atoms with Crippen molar-refractivity contribution in [3.8, 4) is 0 Å². The number of urea groups is 1. The summed E-state index contributed by atoms with van der Waals surface area (Å²) in [6.07, 6.45) is 2.99. The number of hydrogen-bond donors (Lipinski definition) is 1. The van der Waals surface area contributed by atoms with Gasteiger partial charge < -0.3 is 19.9 Å². The highest BCUT2D eigenvalue weighted by atomic mass is 32.2. The first-order chi connectivity index (χ1) is 14.1. The molecule has 1 aromatic carbocycles. The molecule has 29 heavy (non-hydrogen) atoms. The molecule has 0 aromatic heterocycles. The standard InChI is InChI=1S/C21H28N4O3S/c26-19-13-28-18-6-9-24(12-17(18)22-19)20(27)23-10-7-21(8-11-23)14-25(15-21)29-16-4-2-1-3-5-16/h1-5,17-18H,6-15H2,(H,22,26)/t17-,18+/m1/s1. The Balaban J connectivity index is 1.10. The summed E-state index contributed by atoms with van der Waals surface area (Å²) in [4.78, 5) is 29.8. The van der Waals surface area contributed by atoms with Crippen LogP contribution in [-0.2, 0) is 9.53 Å². The van der Waals surface area contributed by atoms with Crippen molar-refractivity contribution < 1.29 is 14.3 Å². The van der Waals surface area contributed by atoms with E-state index in [1.54, 1.807) is 0 Å². The van der Waals surface area contributed by atoms with Gasteiger partial charge in [-0.3, -0.25) is 4.79 Å². The smallest absolute Gasteiger partial charge is 0.320 e. The molecule has 4 saturated heterocycles. The molecule has 0 radical (unpaired) electrons. The number of carbonyl (C=O) groups is 2. The largest absolute Gasteiger partial charge is 0.366 e. The Morgan fingerprint density at radius 2 is 1.86 bits per heavy atom. The fraction of sp³-hybridized carbons (Fsp3) is 0.619. The Bertz CT molecular complexity index is 760. The lowest BCUT2D eigenvalue weighted by molar-refractivity contribution is -0.139. The summed E-state index contributed by atoms with van der Waals surface area (Å²) < 4.78 is 8.03. The maximum atomic E-state index is 13.0. The average Bonchev–Trinajstić information content (AvgIpc) is 2.73. The number of rotatable bonds is 2. The molecular formula is C21H28N4O3S. The van der Waals surface area contributed by atoms with Crippen LogP contribution in [0.5, 0.6) is 0 Å². The summed E-state index contributed by atoms with van der Waals surface area (Å²) in [5.41, 5.74) is 0.372. The third kappa shape index (κ3) is 3.98. The fourth-order valence-electron chi connectivity index (χ4n) is 4.96. The van der Waals surface area contributed by atoms with E-state index in [-0.39, 0.29) is 30.7 Å². The molecule has 0 saturated carbocycles. The zero-order chi connectivity index (χ0) is 19.8. The van der Waals surface area contributed by atoms with Crippen LogP contribution in [-0.4, -0.2) is 84.1 Å². The summed E-state index contributed by atoms with van der Waals surface area (Å²) in [7, 11) is 0. The molecule has 1 spiro atoms. The van der Waals surface area contributed by atoms with Crippen molar-refractivity contribution in [3.05, 3.63) is 30.3 Å². The fourth-order valence-corrected chi connectivity index (χ4v) is 6.21. The highest BCUT2D eigenvalue weighted by molar-refractivity contribution is 7.97. The van der Waals surface area contributed by atoms with Gasteiger partial charge in [0.05, 0.1) is 12.1 Å². The Morgan fingerprint density at radius 1 is 1.10 bits per heavy atom. The minimum Gasteiger partial charge on any atom is -0.366 e. The number of likely N-dealkylation sites (tertiary alicyclic amines) is 2. The summed E-state index contributed by atoms with van der Waals surface area (Å²) >= 11 is 1.84. The second-order valence-electron chi connectivity index (χ2n) is 8.73. The molecule has 3 amide bonds. The molecule has 0 aliphatic carbocycles. The van der Waals surface area contributed by atoms with Gasteiger partial charge in [0.25, 0.3) is 0 Å². The Morgan fingerprint density at radius 3 is 2.62 bits per heavy atom. The van der Waals surface area contributed by atoms with Crippen molar-refractivity contribution in [3.63, 3.8) is 0 Å². The van der Waals surface area contributed by atoms with Gasteiger partial charge in [-0.05, 0) is 43.3 Å². The molecule has 4 aliphatic heterocycles. The van der Waals surface area contributed by atoms with Crippen LogP contribution in [0, 0.1) is 5.41 Å². The number of benzene rings is 1. The van der Waals surface area contributed by atoms with E-state index in [1.165, 1.54) is 4.90 Å². The monoisotopic (exact) mass is 416 g/mol. The van der Waals surface area contributed by atoms with Crippen LogP contribution in [0.15, 0.2) is 35.2 Å². The van der Waals surface area contributed by atoms with Crippen LogP contribution in [0.2, 0.25) is 0 Å². The van der Waals surface area contributed by atoms with Gasteiger partial charge in [-0.15, -0.1) is 0 Å². The predicted molar refractivity (Wildman–Crippen MR) is 110 cm³/mol. The minimum absolute atomic E-state index is 0.0458. The van der Waals surface area contributed by atoms with Crippen LogP contribution < -0.4 is 5.32 Å². The number of carbonyl (C=O) groups excluding carboxylic acids is 2. The molecule has 4 fully saturated rings. The van der Waals surface area contributed by atoms with Crippen LogP contribution >= 0.6 is 11.9 Å². The molecule has 7 nitrogen and oxygen atoms in total. The lowest BCUT2D eigenvalue weighted by Gasteiger charge is -2.53. The third-order valence-corrected chi connectivity index (χ3v) is 7.69. The van der Waals surface area contributed by atoms with Gasteiger partial charge in [0, 0.05) is 49.6 Å². The molecule has 2 atom stereocenters. The second kappa shape index (κ2) is 7.81. The van der Waals surface area contributed by atoms with Crippen molar-refractivity contribution in [1.82, 2.24) is 19.4 Å². The number of fused-ring (bicyclic) bond motifs is 1. The van der Waals surface area contributed by atoms with E-state index in [9.17, 15) is 9.59 Å². The summed E-state index contributed by atoms with van der Waals surface area (Å²) in [5.74, 6) is -0.0802. The van der Waals surface area contributed by atoms with Crippen molar-refractivity contribution in [1.29, 1.82) is 0 Å². The van der Waals surface area contributed by atoms with Crippen molar-refractivity contribution in [2.45, 2.75) is 36.3 Å². The zero-order valence-corrected chi connectivity index (χ0v) is 17.4. The molecule has 4 heterocycles. The number of amides is 3. The molecule has 4 aliphatic rings. The Labute approximate surface area is 175 Å². The van der Waals surface area contributed by atoms with E-state index in [0.717, 1.165) is 45.4 Å². The number of nitrogens with zero attached hydrogens (tertiary/aromatic N) is 3. The van der Waals surface area contributed by atoms with E-state index in [0.29, 0.717) is 18.5 Å². The quantitative estimate of drug-likeness (QED) is 0.745. The molecule has 8 heteroatoms. The first-order valence-electron chi connectivity index (χ1n) is 10.5. The van der Waals surface area contributed by atoms with Crippen LogP contribution in [0.3, 0.4) is 0 Å². The number of hydrogen-bond acceptors (Lipinski definition) is 5. The van der Waals surface area contributed by atoms with Gasteiger partial charge in [0.1, 0.15) is 6.61 Å². The van der Waals surface area contributed by atoms with Gasteiger partial charge in [-0.2, -0.15) is 0 Å². The van der Waals surface area contributed by atoms with Crippen molar-refractivity contribution >= 4 is 23.9 Å². The maximum Gasteiger partial charge on any atom is 0.320 e. The van der Waals surface area contributed by atoms with Crippen molar-refractivity contribution in [2.75, 3.05) is 45.9 Å². The third-order valence-electron chi connectivity index (χ3n) is 6.69. The number of piperidine rings is 2. The molecule has 5 rings (SSSR count). The summed E-state index contributed by atoms with van der Waals surface area (Å²) in [6.45, 7) is 5.27. The molecule has 156 valence electrons. The first-order valence-corrected chi connectivity index (χ1v) is 11.3. The maximum absolute atomic E-state index is 13.0. The number of ether oxygens (including phenoxy) is 1. The average molecular weight is 417 g/mol. The first kappa shape index (κ1) is 19.2. The number of nitrogens with one attached hydrogen (secondary N) is 1. The molecular weight excluding hydrogens is 388 g/mol. The number of morpholine rings is 1. The lowest BCUT2D eigenvalue weighted by atomic mass is 9.73. The van der Waals surface area contributed by atoms with Gasteiger partial charge in [-0.1, -0.05) is 18.2 Å². The summed E-state index contributed by atoms with van der Waals surface area (Å²) in [6, 6.07) is 10.6. The minimum atomic E-state index is -0.0802. The Hall–Kier alpha value is -1.77. The van der Waals surface area contributed by atoms with Gasteiger partial charge >= 0.3 is 6.03 Å².